The van der Waals surface area contributed by atoms with Gasteiger partial charge in [-0.25, -0.2) is 9.36 Å². The van der Waals surface area contributed by atoms with Crippen molar-refractivity contribution in [1.29, 1.82) is 0 Å². The largest absolute Gasteiger partial charge is 0.493 e. The van der Waals surface area contributed by atoms with E-state index in [0.29, 0.717) is 27.8 Å². The average Bonchev–Trinajstić information content (AvgIpc) is 2.75. The third-order valence-electron chi connectivity index (χ3n) is 3.34. The molecular formula is C16H11BrCl2N2O2. The summed E-state index contributed by atoms with van der Waals surface area (Å²) in [4.78, 5) is 14.9. The van der Waals surface area contributed by atoms with Crippen LogP contribution >= 0.6 is 39.1 Å². The van der Waals surface area contributed by atoms with Crippen LogP contribution in [0.25, 0.3) is 5.69 Å². The predicted octanol–water partition coefficient (Wildman–Crippen LogP) is 4.53. The van der Waals surface area contributed by atoms with E-state index in [4.69, 9.17) is 23.2 Å². The Hall–Kier alpha value is -1.69. The van der Waals surface area contributed by atoms with E-state index in [1.165, 1.54) is 0 Å². The summed E-state index contributed by atoms with van der Waals surface area (Å²) >= 11 is 15.3. The van der Waals surface area contributed by atoms with Crippen LogP contribution in [0.1, 0.15) is 11.3 Å². The number of halogens is 3. The van der Waals surface area contributed by atoms with Crippen molar-refractivity contribution in [3.8, 4) is 11.6 Å². The zero-order valence-electron chi connectivity index (χ0n) is 11.7. The van der Waals surface area contributed by atoms with Gasteiger partial charge in [-0.05, 0) is 35.9 Å². The molecule has 0 atom stereocenters. The van der Waals surface area contributed by atoms with E-state index in [9.17, 15) is 9.90 Å². The van der Waals surface area contributed by atoms with E-state index in [1.807, 2.05) is 24.3 Å². The van der Waals surface area contributed by atoms with Gasteiger partial charge in [0.05, 0.1) is 11.4 Å². The van der Waals surface area contributed by atoms with Crippen molar-refractivity contribution in [2.75, 3.05) is 0 Å². The number of hydrogen-bond acceptors (Lipinski definition) is 2. The van der Waals surface area contributed by atoms with Gasteiger partial charge in [0.25, 0.3) is 0 Å². The van der Waals surface area contributed by atoms with Gasteiger partial charge < -0.3 is 10.1 Å². The Kier molecular flexibility index (Phi) is 4.53. The van der Waals surface area contributed by atoms with Crippen LogP contribution in [-0.4, -0.2) is 14.7 Å². The van der Waals surface area contributed by atoms with Gasteiger partial charge in [0.1, 0.15) is 0 Å². The normalized spacial score (nSPS) is 10.9. The SMILES string of the molecule is O=c1[nH]c(Cc2ccc(Br)cc2)c(O)n1-c1cc(Cl)cc(Cl)c1. The van der Waals surface area contributed by atoms with Crippen LogP contribution in [0.15, 0.2) is 51.7 Å². The molecular weight excluding hydrogens is 403 g/mol. The summed E-state index contributed by atoms with van der Waals surface area (Å²) in [6.45, 7) is 0. The smallest absolute Gasteiger partial charge is 0.333 e. The summed E-state index contributed by atoms with van der Waals surface area (Å²) in [5.41, 5.74) is 1.34. The molecule has 1 heterocycles. The molecule has 3 rings (SSSR count). The number of aromatic amines is 1. The monoisotopic (exact) mass is 412 g/mol. The highest BCUT2D eigenvalue weighted by molar-refractivity contribution is 9.10. The topological polar surface area (TPSA) is 58.0 Å². The van der Waals surface area contributed by atoms with Crippen LogP contribution in [-0.2, 0) is 6.42 Å². The highest BCUT2D eigenvalue weighted by Crippen LogP contribution is 2.26. The number of nitrogens with one attached hydrogen (secondary N) is 1. The molecule has 7 heteroatoms. The van der Waals surface area contributed by atoms with Gasteiger partial charge in [0.15, 0.2) is 0 Å². The van der Waals surface area contributed by atoms with Crippen LogP contribution < -0.4 is 5.69 Å². The summed E-state index contributed by atoms with van der Waals surface area (Å²) in [5, 5.41) is 11.2. The van der Waals surface area contributed by atoms with Crippen LogP contribution in [0.2, 0.25) is 10.0 Å². The molecule has 4 nitrogen and oxygen atoms in total. The van der Waals surface area contributed by atoms with E-state index >= 15 is 0 Å². The fraction of sp³-hybridized carbons (Fsp3) is 0.0625. The molecule has 0 aliphatic carbocycles. The van der Waals surface area contributed by atoms with E-state index in [2.05, 4.69) is 20.9 Å². The molecule has 3 aromatic rings. The lowest BCUT2D eigenvalue weighted by Gasteiger charge is -2.05. The van der Waals surface area contributed by atoms with E-state index < -0.39 is 5.69 Å². The first kappa shape index (κ1) is 16.2. The van der Waals surface area contributed by atoms with Crippen molar-refractivity contribution in [1.82, 2.24) is 9.55 Å². The second-order valence-corrected chi connectivity index (χ2v) is 6.79. The number of H-pyrrole nitrogens is 1. The molecule has 0 radical (unpaired) electrons. The predicted molar refractivity (Wildman–Crippen MR) is 95.0 cm³/mol. The highest BCUT2D eigenvalue weighted by Gasteiger charge is 2.15. The maximum Gasteiger partial charge on any atom is 0.333 e. The van der Waals surface area contributed by atoms with Gasteiger partial charge in [-0.3, -0.25) is 0 Å². The van der Waals surface area contributed by atoms with Crippen LogP contribution in [0.4, 0.5) is 0 Å². The van der Waals surface area contributed by atoms with Gasteiger partial charge in [0, 0.05) is 20.9 Å². The molecule has 0 unspecified atom stereocenters. The minimum atomic E-state index is -0.451. The Labute approximate surface area is 150 Å². The van der Waals surface area contributed by atoms with Gasteiger partial charge in [-0.2, -0.15) is 0 Å². The van der Waals surface area contributed by atoms with Crippen LogP contribution in [0.3, 0.4) is 0 Å². The van der Waals surface area contributed by atoms with Gasteiger partial charge in [0.2, 0.25) is 5.88 Å². The molecule has 1 aromatic heterocycles. The first-order chi connectivity index (χ1) is 10.9. The summed E-state index contributed by atoms with van der Waals surface area (Å²) in [6, 6.07) is 12.3. The molecule has 118 valence electrons. The van der Waals surface area contributed by atoms with E-state index in [-0.39, 0.29) is 5.88 Å². The molecule has 0 saturated carbocycles. The zero-order valence-corrected chi connectivity index (χ0v) is 14.8. The number of imidazole rings is 1. The standard InChI is InChI=1S/C16H11BrCl2N2O2/c17-10-3-1-9(2-4-10)5-14-15(22)21(16(23)20-14)13-7-11(18)6-12(19)8-13/h1-4,6-8,22H,5H2,(H,20,23). The quantitative estimate of drug-likeness (QED) is 0.662. The lowest BCUT2D eigenvalue weighted by Crippen LogP contribution is -2.14. The first-order valence-corrected chi connectivity index (χ1v) is 8.22. The zero-order chi connectivity index (χ0) is 16.6. The Morgan fingerprint density at radius 3 is 2.30 bits per heavy atom. The summed E-state index contributed by atoms with van der Waals surface area (Å²) in [6.07, 6.45) is 0.398. The molecule has 0 aliphatic rings. The van der Waals surface area contributed by atoms with Crippen molar-refractivity contribution in [3.63, 3.8) is 0 Å². The minimum Gasteiger partial charge on any atom is -0.493 e. The van der Waals surface area contributed by atoms with Crippen molar-refractivity contribution >= 4 is 39.1 Å². The molecule has 2 aromatic carbocycles. The van der Waals surface area contributed by atoms with Crippen molar-refractivity contribution in [2.45, 2.75) is 6.42 Å². The number of aromatic nitrogens is 2. The summed E-state index contributed by atoms with van der Waals surface area (Å²) < 4.78 is 2.11. The van der Waals surface area contributed by atoms with Gasteiger partial charge in [-0.15, -0.1) is 0 Å². The summed E-state index contributed by atoms with van der Waals surface area (Å²) in [7, 11) is 0. The second kappa shape index (κ2) is 6.43. The molecule has 0 fully saturated rings. The van der Waals surface area contributed by atoms with Gasteiger partial charge >= 0.3 is 5.69 Å². The second-order valence-electron chi connectivity index (χ2n) is 5.00. The molecule has 2 N–H and O–H groups in total. The number of benzene rings is 2. The van der Waals surface area contributed by atoms with Crippen molar-refractivity contribution < 1.29 is 5.11 Å². The molecule has 0 bridgehead atoms. The minimum absolute atomic E-state index is 0.156. The Balaban J connectivity index is 2.02. The fourth-order valence-corrected chi connectivity index (χ4v) is 3.09. The first-order valence-electron chi connectivity index (χ1n) is 6.68. The molecule has 0 saturated heterocycles. The molecule has 0 aliphatic heterocycles. The lowest BCUT2D eigenvalue weighted by molar-refractivity contribution is 0.435. The van der Waals surface area contributed by atoms with E-state index in [1.54, 1.807) is 18.2 Å². The number of hydrogen-bond donors (Lipinski definition) is 2. The molecule has 0 spiro atoms. The van der Waals surface area contributed by atoms with Crippen LogP contribution in [0.5, 0.6) is 5.88 Å². The number of rotatable bonds is 3. The van der Waals surface area contributed by atoms with Crippen LogP contribution in [0, 0.1) is 0 Å². The highest BCUT2D eigenvalue weighted by atomic mass is 79.9. The van der Waals surface area contributed by atoms with Crippen molar-refractivity contribution in [3.05, 3.63) is 78.7 Å². The van der Waals surface area contributed by atoms with Crippen molar-refractivity contribution in [2.24, 2.45) is 0 Å². The average molecular weight is 414 g/mol. The summed E-state index contributed by atoms with van der Waals surface area (Å²) in [5.74, 6) is -0.156. The Morgan fingerprint density at radius 1 is 1.09 bits per heavy atom. The van der Waals surface area contributed by atoms with E-state index in [0.717, 1.165) is 14.6 Å². The maximum absolute atomic E-state index is 12.2. The maximum atomic E-state index is 12.2. The lowest BCUT2D eigenvalue weighted by atomic mass is 10.1. The number of nitrogens with zero attached hydrogens (tertiary/aromatic N) is 1. The molecule has 23 heavy (non-hydrogen) atoms. The third kappa shape index (κ3) is 3.47. The Morgan fingerprint density at radius 2 is 1.70 bits per heavy atom. The molecule has 0 amide bonds. The fourth-order valence-electron chi connectivity index (χ4n) is 2.31. The Bertz CT molecular complexity index is 897. The van der Waals surface area contributed by atoms with Gasteiger partial charge in [-0.1, -0.05) is 51.3 Å². The third-order valence-corrected chi connectivity index (χ3v) is 4.31. The number of aromatic hydroxyl groups is 1.